The highest BCUT2D eigenvalue weighted by Gasteiger charge is 2.38. The van der Waals surface area contributed by atoms with E-state index in [0.717, 1.165) is 0 Å². The lowest BCUT2D eigenvalue weighted by atomic mass is 9.95. The molecule has 0 aliphatic heterocycles. The van der Waals surface area contributed by atoms with Crippen LogP contribution in [-0.2, 0) is 21.0 Å². The number of esters is 1. The second kappa shape index (κ2) is 12.6. The van der Waals surface area contributed by atoms with Gasteiger partial charge in [-0.25, -0.2) is 4.79 Å². The molecule has 2 atom stereocenters. The molecule has 1 rings (SSSR count). The van der Waals surface area contributed by atoms with E-state index >= 15 is 0 Å². The summed E-state index contributed by atoms with van der Waals surface area (Å²) in [5.74, 6) is -0.118. The van der Waals surface area contributed by atoms with Crippen LogP contribution in [0.1, 0.15) is 38.7 Å². The maximum atomic E-state index is 13.0. The van der Waals surface area contributed by atoms with Gasteiger partial charge in [-0.2, -0.15) is 11.8 Å². The van der Waals surface area contributed by atoms with E-state index in [1.807, 2.05) is 13.2 Å². The van der Waals surface area contributed by atoms with Crippen molar-refractivity contribution in [1.82, 2.24) is 10.6 Å². The average molecular weight is 554 g/mol. The fraction of sp³-hybridized carbons (Fsp3) is 0.526. The maximum Gasteiger partial charge on any atom is 0.337 e. The van der Waals surface area contributed by atoms with Crippen LogP contribution in [0.2, 0.25) is 0 Å². The molecule has 1 aromatic carbocycles. The Balaban J connectivity index is 3.05. The van der Waals surface area contributed by atoms with Crippen molar-refractivity contribution in [3.63, 3.8) is 0 Å². The zero-order valence-electron chi connectivity index (χ0n) is 16.6. The average Bonchev–Trinajstić information content (AvgIpc) is 2.67. The molecule has 0 radical (unpaired) electrons. The van der Waals surface area contributed by atoms with Gasteiger partial charge in [-0.15, -0.1) is 0 Å². The standard InChI is InChI=1S/C19H26Br2N2O5S/c1-4-6-19(2,23-17(26)15(22-11-25)5-7-29-3)18(27)28-16-13(20)8-12(10-24)9-14(16)21/h8-9,11,15,24H,4-7,10H2,1-3H3,(H,22,25)(H,23,26). The molecule has 0 saturated carbocycles. The van der Waals surface area contributed by atoms with Gasteiger partial charge in [0.1, 0.15) is 11.6 Å². The topological polar surface area (TPSA) is 105 Å². The van der Waals surface area contributed by atoms with Crippen LogP contribution in [0.3, 0.4) is 0 Å². The van der Waals surface area contributed by atoms with Crippen molar-refractivity contribution in [2.24, 2.45) is 0 Å². The van der Waals surface area contributed by atoms with E-state index in [-0.39, 0.29) is 12.4 Å². The van der Waals surface area contributed by atoms with E-state index in [1.165, 1.54) is 0 Å². The van der Waals surface area contributed by atoms with Gasteiger partial charge in [0.15, 0.2) is 5.75 Å². The molecule has 0 aromatic heterocycles. The zero-order chi connectivity index (χ0) is 22.0. The number of aliphatic hydroxyl groups excluding tert-OH is 1. The number of rotatable bonds is 12. The Morgan fingerprint density at radius 2 is 1.97 bits per heavy atom. The van der Waals surface area contributed by atoms with Gasteiger partial charge in [-0.05, 0) is 81.3 Å². The lowest BCUT2D eigenvalue weighted by molar-refractivity contribution is -0.145. The third-order valence-electron chi connectivity index (χ3n) is 4.23. The Labute approximate surface area is 192 Å². The summed E-state index contributed by atoms with van der Waals surface area (Å²) < 4.78 is 6.58. The highest BCUT2D eigenvalue weighted by atomic mass is 79.9. The molecule has 0 aliphatic rings. The largest absolute Gasteiger partial charge is 0.422 e. The number of ether oxygens (including phenoxy) is 1. The minimum atomic E-state index is -1.28. The number of halogens is 2. The van der Waals surface area contributed by atoms with Crippen LogP contribution in [0, 0.1) is 0 Å². The van der Waals surface area contributed by atoms with Crippen LogP contribution in [0.4, 0.5) is 0 Å². The van der Waals surface area contributed by atoms with Gasteiger partial charge in [0.25, 0.3) is 0 Å². The Hall–Kier alpha value is -1.10. The first-order valence-corrected chi connectivity index (χ1v) is 12.0. The van der Waals surface area contributed by atoms with Crippen molar-refractivity contribution >= 4 is 61.9 Å². The molecule has 0 saturated heterocycles. The Morgan fingerprint density at radius 3 is 2.45 bits per heavy atom. The fourth-order valence-corrected chi connectivity index (χ4v) is 4.60. The molecular formula is C19H26Br2N2O5S. The Morgan fingerprint density at radius 1 is 1.34 bits per heavy atom. The van der Waals surface area contributed by atoms with Crippen molar-refractivity contribution in [1.29, 1.82) is 0 Å². The maximum absolute atomic E-state index is 13.0. The van der Waals surface area contributed by atoms with Gasteiger partial charge in [-0.1, -0.05) is 13.3 Å². The number of aliphatic hydroxyl groups is 1. The first-order chi connectivity index (χ1) is 13.7. The Kier molecular flexibility index (Phi) is 11.2. The summed E-state index contributed by atoms with van der Waals surface area (Å²) in [7, 11) is 0. The lowest BCUT2D eigenvalue weighted by Crippen LogP contribution is -2.58. The number of carbonyl (C=O) groups excluding carboxylic acids is 3. The summed E-state index contributed by atoms with van der Waals surface area (Å²) in [6, 6.07) is 2.57. The summed E-state index contributed by atoms with van der Waals surface area (Å²) in [5, 5.41) is 14.5. The summed E-state index contributed by atoms with van der Waals surface area (Å²) >= 11 is 8.24. The van der Waals surface area contributed by atoms with Crippen LogP contribution in [-0.4, -0.2) is 47.0 Å². The van der Waals surface area contributed by atoms with Gasteiger partial charge >= 0.3 is 5.97 Å². The highest BCUT2D eigenvalue weighted by Crippen LogP contribution is 2.36. The number of carbonyl (C=O) groups is 3. The van der Waals surface area contributed by atoms with Crippen LogP contribution >= 0.6 is 43.6 Å². The van der Waals surface area contributed by atoms with E-state index in [9.17, 15) is 19.5 Å². The van der Waals surface area contributed by atoms with Crippen molar-refractivity contribution in [2.45, 2.75) is 51.3 Å². The summed E-state index contributed by atoms with van der Waals surface area (Å²) in [6.45, 7) is 3.35. The third kappa shape index (κ3) is 7.58. The van der Waals surface area contributed by atoms with Crippen molar-refractivity contribution in [3.8, 4) is 5.75 Å². The van der Waals surface area contributed by atoms with Gasteiger partial charge in [-0.3, -0.25) is 9.59 Å². The molecule has 2 unspecified atom stereocenters. The molecule has 0 aliphatic carbocycles. The lowest BCUT2D eigenvalue weighted by Gasteiger charge is -2.30. The SMILES string of the molecule is CCCC(C)(NC(=O)C(CCSC)NC=O)C(=O)Oc1c(Br)cc(CO)cc1Br. The molecule has 0 fully saturated rings. The second-order valence-electron chi connectivity index (χ2n) is 6.63. The molecule has 29 heavy (non-hydrogen) atoms. The molecule has 0 bridgehead atoms. The molecule has 2 amide bonds. The second-order valence-corrected chi connectivity index (χ2v) is 9.32. The molecule has 3 N–H and O–H groups in total. The summed E-state index contributed by atoms with van der Waals surface area (Å²) in [5.41, 5.74) is -0.632. The van der Waals surface area contributed by atoms with E-state index < -0.39 is 23.5 Å². The predicted octanol–water partition coefficient (Wildman–Crippen LogP) is 3.15. The quantitative estimate of drug-likeness (QED) is 0.209. The van der Waals surface area contributed by atoms with Crippen LogP contribution in [0.15, 0.2) is 21.1 Å². The molecular weight excluding hydrogens is 528 g/mol. The fourth-order valence-electron chi connectivity index (χ4n) is 2.69. The molecule has 1 aromatic rings. The monoisotopic (exact) mass is 552 g/mol. The van der Waals surface area contributed by atoms with Crippen molar-refractivity contribution < 1.29 is 24.2 Å². The van der Waals surface area contributed by atoms with Crippen LogP contribution in [0.5, 0.6) is 5.75 Å². The first-order valence-electron chi connectivity index (χ1n) is 9.04. The van der Waals surface area contributed by atoms with Gasteiger partial charge in [0.2, 0.25) is 12.3 Å². The molecule has 7 nitrogen and oxygen atoms in total. The van der Waals surface area contributed by atoms with E-state index in [0.29, 0.717) is 45.9 Å². The first kappa shape index (κ1) is 25.9. The summed E-state index contributed by atoms with van der Waals surface area (Å²) in [6.07, 6.45) is 3.83. The van der Waals surface area contributed by atoms with Crippen LogP contribution in [0.25, 0.3) is 0 Å². The molecule has 0 heterocycles. The number of nitrogens with one attached hydrogen (secondary N) is 2. The van der Waals surface area contributed by atoms with E-state index in [2.05, 4.69) is 42.5 Å². The molecule has 162 valence electrons. The number of thioether (sulfide) groups is 1. The smallest absolute Gasteiger partial charge is 0.337 e. The van der Waals surface area contributed by atoms with Gasteiger partial charge < -0.3 is 20.5 Å². The minimum Gasteiger partial charge on any atom is -0.422 e. The third-order valence-corrected chi connectivity index (χ3v) is 6.05. The zero-order valence-corrected chi connectivity index (χ0v) is 20.6. The van der Waals surface area contributed by atoms with Crippen LogP contribution < -0.4 is 15.4 Å². The van der Waals surface area contributed by atoms with Crippen molar-refractivity contribution in [3.05, 3.63) is 26.6 Å². The van der Waals surface area contributed by atoms with Gasteiger partial charge in [0, 0.05) is 0 Å². The number of benzene rings is 1. The van der Waals surface area contributed by atoms with E-state index in [4.69, 9.17) is 4.74 Å². The summed E-state index contributed by atoms with van der Waals surface area (Å²) in [4.78, 5) is 36.6. The van der Waals surface area contributed by atoms with E-state index in [1.54, 1.807) is 30.8 Å². The molecule has 0 spiro atoms. The number of hydrogen-bond donors (Lipinski definition) is 3. The van der Waals surface area contributed by atoms with Gasteiger partial charge in [0.05, 0.1) is 15.6 Å². The predicted molar refractivity (Wildman–Crippen MR) is 121 cm³/mol. The molecule has 10 heteroatoms. The number of amides is 2. The number of hydrogen-bond acceptors (Lipinski definition) is 6. The minimum absolute atomic E-state index is 0.157. The highest BCUT2D eigenvalue weighted by molar-refractivity contribution is 9.11. The Bertz CT molecular complexity index is 712. The van der Waals surface area contributed by atoms with Crippen molar-refractivity contribution in [2.75, 3.05) is 12.0 Å². The normalized spacial score (nSPS) is 13.9.